The van der Waals surface area contributed by atoms with Crippen molar-refractivity contribution in [1.29, 1.82) is 0 Å². The molecule has 0 spiro atoms. The van der Waals surface area contributed by atoms with Gasteiger partial charge in [-0.15, -0.1) is 0 Å². The van der Waals surface area contributed by atoms with Crippen molar-refractivity contribution in [2.24, 2.45) is 16.7 Å². The number of esters is 1. The molecule has 2 aromatic carbocycles. The van der Waals surface area contributed by atoms with E-state index in [1.165, 1.54) is 12.1 Å². The number of phenols is 1. The number of rotatable bonds is 10. The molecule has 2 fully saturated rings. The molecule has 0 saturated heterocycles. The number of carboxylic acids is 1. The number of anilines is 1. The van der Waals surface area contributed by atoms with Crippen LogP contribution in [0.3, 0.4) is 0 Å². The van der Waals surface area contributed by atoms with E-state index in [1.54, 1.807) is 12.1 Å². The Bertz CT molecular complexity index is 1240. The van der Waals surface area contributed by atoms with Crippen LogP contribution >= 0.6 is 23.2 Å². The van der Waals surface area contributed by atoms with Crippen LogP contribution in [0.25, 0.3) is 0 Å². The molecule has 0 radical (unpaired) electrons. The summed E-state index contributed by atoms with van der Waals surface area (Å²) >= 11 is 12.3. The van der Waals surface area contributed by atoms with Crippen LogP contribution in [0.15, 0.2) is 24.3 Å². The second-order valence-electron chi connectivity index (χ2n) is 11.6. The second kappa shape index (κ2) is 11.0. The van der Waals surface area contributed by atoms with E-state index in [-0.39, 0.29) is 51.8 Å². The SMILES string of the molecule is CCCCCC(=O)Oc1c(C(=O)O)ccc(NCc2cc(Cl)cc(Cl)c2O)c1C1CC2CCC1(C)C2(C)C. The van der Waals surface area contributed by atoms with Gasteiger partial charge in [-0.3, -0.25) is 4.79 Å². The number of unbranched alkanes of at least 4 members (excludes halogenated alkanes) is 2. The number of hydrogen-bond acceptors (Lipinski definition) is 5. The van der Waals surface area contributed by atoms with Gasteiger partial charge in [0.2, 0.25) is 0 Å². The van der Waals surface area contributed by atoms with E-state index < -0.39 is 11.9 Å². The first kappa shape index (κ1) is 28.6. The molecule has 8 heteroatoms. The average Bonchev–Trinajstić information content (AvgIpc) is 3.19. The highest BCUT2D eigenvalue weighted by Gasteiger charge is 2.62. The number of halogens is 2. The van der Waals surface area contributed by atoms with Crippen molar-refractivity contribution in [3.05, 3.63) is 51.0 Å². The minimum absolute atomic E-state index is 0.00645. The van der Waals surface area contributed by atoms with Crippen LogP contribution in [0.1, 0.15) is 100 Å². The van der Waals surface area contributed by atoms with Crippen molar-refractivity contribution >= 4 is 40.8 Å². The number of aromatic hydroxyl groups is 1. The number of ether oxygens (including phenoxy) is 1. The summed E-state index contributed by atoms with van der Waals surface area (Å²) in [4.78, 5) is 25.2. The Morgan fingerprint density at radius 2 is 1.89 bits per heavy atom. The quantitative estimate of drug-likeness (QED) is 0.153. The van der Waals surface area contributed by atoms with Crippen molar-refractivity contribution < 1.29 is 24.5 Å². The number of benzene rings is 2. The van der Waals surface area contributed by atoms with Gasteiger partial charge in [0, 0.05) is 34.8 Å². The van der Waals surface area contributed by atoms with Gasteiger partial charge in [-0.25, -0.2) is 4.79 Å². The number of aromatic carboxylic acids is 1. The Morgan fingerprint density at radius 3 is 2.50 bits per heavy atom. The average molecular weight is 563 g/mol. The third-order valence-electron chi connectivity index (χ3n) is 9.35. The van der Waals surface area contributed by atoms with Gasteiger partial charge in [0.1, 0.15) is 11.3 Å². The van der Waals surface area contributed by atoms with E-state index in [0.29, 0.717) is 28.6 Å². The van der Waals surface area contributed by atoms with Crippen molar-refractivity contribution in [3.63, 3.8) is 0 Å². The zero-order valence-corrected chi connectivity index (χ0v) is 24.0. The molecular formula is C30H37Cl2NO5. The van der Waals surface area contributed by atoms with Crippen LogP contribution in [0.4, 0.5) is 5.69 Å². The molecule has 2 saturated carbocycles. The highest BCUT2D eigenvalue weighted by atomic mass is 35.5. The molecule has 6 nitrogen and oxygen atoms in total. The van der Waals surface area contributed by atoms with Gasteiger partial charge in [0.15, 0.2) is 5.75 Å². The Balaban J connectivity index is 1.80. The third-order valence-corrected chi connectivity index (χ3v) is 9.85. The molecular weight excluding hydrogens is 525 g/mol. The molecule has 0 aliphatic heterocycles. The normalized spacial score (nSPS) is 23.4. The fourth-order valence-corrected chi connectivity index (χ4v) is 7.18. The van der Waals surface area contributed by atoms with Crippen LogP contribution in [-0.2, 0) is 11.3 Å². The van der Waals surface area contributed by atoms with E-state index >= 15 is 0 Å². The molecule has 3 N–H and O–H groups in total. The lowest BCUT2D eigenvalue weighted by Crippen LogP contribution is -2.32. The number of phenolic OH excluding ortho intramolecular Hbond substituents is 1. The van der Waals surface area contributed by atoms with Crippen molar-refractivity contribution in [3.8, 4) is 11.5 Å². The van der Waals surface area contributed by atoms with Crippen molar-refractivity contribution in [2.45, 2.75) is 85.1 Å². The first-order valence-electron chi connectivity index (χ1n) is 13.4. The summed E-state index contributed by atoms with van der Waals surface area (Å²) in [5, 5.41) is 24.5. The highest BCUT2D eigenvalue weighted by Crippen LogP contribution is 2.72. The summed E-state index contributed by atoms with van der Waals surface area (Å²) in [7, 11) is 0. The predicted molar refractivity (Wildman–Crippen MR) is 151 cm³/mol. The van der Waals surface area contributed by atoms with E-state index in [2.05, 4.69) is 33.0 Å². The number of nitrogens with one attached hydrogen (secondary N) is 1. The monoisotopic (exact) mass is 561 g/mol. The van der Waals surface area contributed by atoms with Crippen molar-refractivity contribution in [1.82, 2.24) is 0 Å². The van der Waals surface area contributed by atoms with E-state index in [1.807, 2.05) is 0 Å². The summed E-state index contributed by atoms with van der Waals surface area (Å²) in [5.41, 5.74) is 1.84. The summed E-state index contributed by atoms with van der Waals surface area (Å²) < 4.78 is 5.92. The molecule has 0 amide bonds. The zero-order valence-electron chi connectivity index (χ0n) is 22.5. The Hall–Kier alpha value is -2.44. The molecule has 0 heterocycles. The molecule has 3 unspecified atom stereocenters. The van der Waals surface area contributed by atoms with Gasteiger partial charge in [-0.2, -0.15) is 0 Å². The van der Waals surface area contributed by atoms with Gasteiger partial charge in [-0.1, -0.05) is 63.7 Å². The van der Waals surface area contributed by atoms with Gasteiger partial charge in [0.05, 0.1) is 5.02 Å². The first-order valence-corrected chi connectivity index (χ1v) is 14.2. The van der Waals surface area contributed by atoms with Crippen LogP contribution in [0, 0.1) is 16.7 Å². The van der Waals surface area contributed by atoms with Crippen molar-refractivity contribution in [2.75, 3.05) is 5.32 Å². The minimum Gasteiger partial charge on any atom is -0.506 e. The lowest BCUT2D eigenvalue weighted by atomic mass is 9.64. The second-order valence-corrected chi connectivity index (χ2v) is 12.4. The molecule has 2 bridgehead atoms. The lowest BCUT2D eigenvalue weighted by Gasteiger charge is -2.40. The minimum atomic E-state index is -1.14. The molecule has 38 heavy (non-hydrogen) atoms. The van der Waals surface area contributed by atoms with Crippen LogP contribution in [0.5, 0.6) is 11.5 Å². The smallest absolute Gasteiger partial charge is 0.339 e. The maximum absolute atomic E-state index is 12.9. The molecule has 3 atom stereocenters. The van der Waals surface area contributed by atoms with E-state index in [4.69, 9.17) is 27.9 Å². The predicted octanol–water partition coefficient (Wildman–Crippen LogP) is 8.42. The number of fused-ring (bicyclic) bond motifs is 2. The van der Waals surface area contributed by atoms with Gasteiger partial charge < -0.3 is 20.3 Å². The fraction of sp³-hybridized carbons (Fsp3) is 0.533. The first-order chi connectivity index (χ1) is 17.9. The molecule has 206 valence electrons. The lowest BCUT2D eigenvalue weighted by molar-refractivity contribution is -0.134. The third kappa shape index (κ3) is 5.10. The van der Waals surface area contributed by atoms with E-state index in [0.717, 1.165) is 37.7 Å². The van der Waals surface area contributed by atoms with Gasteiger partial charge >= 0.3 is 11.9 Å². The van der Waals surface area contributed by atoms with Crippen LogP contribution < -0.4 is 10.1 Å². The Morgan fingerprint density at radius 1 is 1.16 bits per heavy atom. The maximum atomic E-state index is 12.9. The molecule has 2 aliphatic rings. The largest absolute Gasteiger partial charge is 0.506 e. The standard InChI is InChI=1S/C30H37Cl2NO5/c1-5-6-7-8-24(34)38-27-20(28(36)37)9-10-23(33-16-17-13-19(31)15-22(32)26(17)35)25(27)21-14-18-11-12-30(21,4)29(18,2)3/h9-10,13,15,18,21,33,35H,5-8,11-12,14,16H2,1-4H3,(H,36,37). The van der Waals surface area contributed by atoms with Crippen LogP contribution in [-0.4, -0.2) is 22.2 Å². The summed E-state index contributed by atoms with van der Waals surface area (Å²) in [6.07, 6.45) is 5.82. The Kier molecular flexibility index (Phi) is 8.25. The van der Waals surface area contributed by atoms with Gasteiger partial charge in [0.25, 0.3) is 0 Å². The number of carbonyl (C=O) groups excluding carboxylic acids is 1. The summed E-state index contributed by atoms with van der Waals surface area (Å²) in [5.74, 6) is -1.02. The topological polar surface area (TPSA) is 95.9 Å². The van der Waals surface area contributed by atoms with E-state index in [9.17, 15) is 19.8 Å². The van der Waals surface area contributed by atoms with Crippen LogP contribution in [0.2, 0.25) is 10.0 Å². The number of hydrogen-bond donors (Lipinski definition) is 3. The zero-order chi connectivity index (χ0) is 27.8. The summed E-state index contributed by atoms with van der Waals surface area (Å²) in [6, 6.07) is 6.33. The Labute approximate surface area is 234 Å². The number of carbonyl (C=O) groups is 2. The number of carboxylic acid groups (broad SMARTS) is 1. The molecule has 2 aliphatic carbocycles. The molecule has 0 aromatic heterocycles. The molecule has 2 aromatic rings. The fourth-order valence-electron chi connectivity index (χ4n) is 6.65. The van der Waals surface area contributed by atoms with Gasteiger partial charge in [-0.05, 0) is 72.6 Å². The molecule has 4 rings (SSSR count). The maximum Gasteiger partial charge on any atom is 0.339 e. The summed E-state index contributed by atoms with van der Waals surface area (Å²) in [6.45, 7) is 9.12. The highest BCUT2D eigenvalue weighted by molar-refractivity contribution is 6.35.